The van der Waals surface area contributed by atoms with Crippen LogP contribution in [0.2, 0.25) is 0 Å². The van der Waals surface area contributed by atoms with Crippen LogP contribution < -0.4 is 11.3 Å². The van der Waals surface area contributed by atoms with Gasteiger partial charge in [0.05, 0.1) is 5.69 Å². The molecule has 0 aliphatic rings. The van der Waals surface area contributed by atoms with Gasteiger partial charge in [-0.15, -0.1) is 0 Å². The van der Waals surface area contributed by atoms with Gasteiger partial charge in [0, 0.05) is 16.1 Å². The van der Waals surface area contributed by atoms with E-state index in [0.717, 1.165) is 14.7 Å². The molecule has 6 heteroatoms. The molecule has 0 saturated heterocycles. The van der Waals surface area contributed by atoms with E-state index in [9.17, 15) is 9.59 Å². The third kappa shape index (κ3) is 2.84. The summed E-state index contributed by atoms with van der Waals surface area (Å²) in [6, 6.07) is 10.5. The first-order valence-corrected chi connectivity index (χ1v) is 5.98. The molecule has 0 bridgehead atoms. The van der Waals surface area contributed by atoms with Crippen molar-refractivity contribution in [2.45, 2.75) is 6.54 Å². The van der Waals surface area contributed by atoms with Crippen LogP contribution in [0, 0.1) is 0 Å². The highest BCUT2D eigenvalue weighted by Gasteiger charge is 2.05. The van der Waals surface area contributed by atoms with Gasteiger partial charge in [-0.25, -0.2) is 4.68 Å². The van der Waals surface area contributed by atoms with Crippen LogP contribution in [-0.2, 0) is 11.3 Å². The van der Waals surface area contributed by atoms with Gasteiger partial charge in [0.1, 0.15) is 6.54 Å². The minimum absolute atomic E-state index is 0.222. The maximum Gasteiger partial charge on any atom is 0.267 e. The minimum atomic E-state index is -0.601. The fourth-order valence-electron chi connectivity index (χ4n) is 1.51. The lowest BCUT2D eigenvalue weighted by atomic mass is 10.1. The van der Waals surface area contributed by atoms with Gasteiger partial charge < -0.3 is 5.73 Å². The van der Waals surface area contributed by atoms with E-state index < -0.39 is 5.91 Å². The standard InChI is InChI=1S/C12H10BrN3O2/c13-9-3-1-2-8(6-9)10-4-5-12(18)16(15-10)7-11(14)17/h1-6H,7H2,(H2,14,17). The number of hydrogen-bond acceptors (Lipinski definition) is 3. The fourth-order valence-corrected chi connectivity index (χ4v) is 1.91. The number of carbonyl (C=O) groups is 1. The summed E-state index contributed by atoms with van der Waals surface area (Å²) in [6.07, 6.45) is 0. The molecule has 0 radical (unpaired) electrons. The van der Waals surface area contributed by atoms with Crippen LogP contribution >= 0.6 is 15.9 Å². The Labute approximate surface area is 111 Å². The molecule has 18 heavy (non-hydrogen) atoms. The smallest absolute Gasteiger partial charge is 0.267 e. The maximum absolute atomic E-state index is 11.5. The number of nitrogens with two attached hydrogens (primary N) is 1. The van der Waals surface area contributed by atoms with Crippen LogP contribution in [0.1, 0.15) is 0 Å². The molecule has 92 valence electrons. The van der Waals surface area contributed by atoms with E-state index in [-0.39, 0.29) is 12.1 Å². The number of hydrogen-bond donors (Lipinski definition) is 1. The second-order valence-electron chi connectivity index (χ2n) is 3.69. The second kappa shape index (κ2) is 5.14. The van der Waals surface area contributed by atoms with Crippen molar-refractivity contribution in [3.8, 4) is 11.3 Å². The Kier molecular flexibility index (Phi) is 3.57. The number of carbonyl (C=O) groups excluding carboxylic acids is 1. The normalized spacial score (nSPS) is 10.3. The summed E-state index contributed by atoms with van der Waals surface area (Å²) in [5, 5.41) is 4.11. The topological polar surface area (TPSA) is 78.0 Å². The van der Waals surface area contributed by atoms with Crippen molar-refractivity contribution in [2.75, 3.05) is 0 Å². The Morgan fingerprint density at radius 1 is 1.33 bits per heavy atom. The Morgan fingerprint density at radius 3 is 2.78 bits per heavy atom. The Hall–Kier alpha value is -1.95. The van der Waals surface area contributed by atoms with Crippen molar-refractivity contribution in [3.05, 3.63) is 51.2 Å². The summed E-state index contributed by atoms with van der Waals surface area (Å²) in [7, 11) is 0. The first kappa shape index (κ1) is 12.5. The van der Waals surface area contributed by atoms with Crippen molar-refractivity contribution >= 4 is 21.8 Å². The lowest BCUT2D eigenvalue weighted by Crippen LogP contribution is -2.29. The van der Waals surface area contributed by atoms with Crippen molar-refractivity contribution < 1.29 is 4.79 Å². The third-order valence-electron chi connectivity index (χ3n) is 2.29. The zero-order valence-electron chi connectivity index (χ0n) is 9.34. The summed E-state index contributed by atoms with van der Waals surface area (Å²) in [4.78, 5) is 22.3. The van der Waals surface area contributed by atoms with Gasteiger partial charge >= 0.3 is 0 Å². The maximum atomic E-state index is 11.5. The monoisotopic (exact) mass is 307 g/mol. The first-order chi connectivity index (χ1) is 8.56. The first-order valence-electron chi connectivity index (χ1n) is 5.18. The Bertz CT molecular complexity index is 652. The molecule has 5 nitrogen and oxygen atoms in total. The molecule has 0 aliphatic heterocycles. The average Bonchev–Trinajstić information content (AvgIpc) is 2.31. The van der Waals surface area contributed by atoms with Crippen molar-refractivity contribution in [1.82, 2.24) is 9.78 Å². The van der Waals surface area contributed by atoms with Crippen LogP contribution in [0.15, 0.2) is 45.7 Å². The number of nitrogens with zero attached hydrogens (tertiary/aromatic N) is 2. The number of primary amides is 1. The van der Waals surface area contributed by atoms with E-state index in [4.69, 9.17) is 5.73 Å². The molecular weight excluding hydrogens is 298 g/mol. The van der Waals surface area contributed by atoms with Crippen molar-refractivity contribution in [1.29, 1.82) is 0 Å². The lowest BCUT2D eigenvalue weighted by Gasteiger charge is -2.05. The Morgan fingerprint density at radius 2 is 2.11 bits per heavy atom. The van der Waals surface area contributed by atoms with Crippen molar-refractivity contribution in [3.63, 3.8) is 0 Å². The highest BCUT2D eigenvalue weighted by Crippen LogP contribution is 2.19. The summed E-state index contributed by atoms with van der Waals surface area (Å²) < 4.78 is 1.97. The molecule has 2 N–H and O–H groups in total. The van der Waals surface area contributed by atoms with Crippen LogP contribution in [0.4, 0.5) is 0 Å². The zero-order chi connectivity index (χ0) is 13.1. The third-order valence-corrected chi connectivity index (χ3v) is 2.79. The van der Waals surface area contributed by atoms with E-state index in [0.29, 0.717) is 5.69 Å². The van der Waals surface area contributed by atoms with Gasteiger partial charge in [0.15, 0.2) is 0 Å². The minimum Gasteiger partial charge on any atom is -0.368 e. The van der Waals surface area contributed by atoms with Crippen molar-refractivity contribution in [2.24, 2.45) is 5.73 Å². The molecule has 0 spiro atoms. The van der Waals surface area contributed by atoms with Crippen LogP contribution in [-0.4, -0.2) is 15.7 Å². The van der Waals surface area contributed by atoms with E-state index >= 15 is 0 Å². The van der Waals surface area contributed by atoms with Gasteiger partial charge in [-0.2, -0.15) is 5.10 Å². The number of benzene rings is 1. The average molecular weight is 308 g/mol. The van der Waals surface area contributed by atoms with Crippen LogP contribution in [0.5, 0.6) is 0 Å². The molecule has 0 aliphatic carbocycles. The predicted octanol–water partition coefficient (Wildman–Crippen LogP) is 1.16. The quantitative estimate of drug-likeness (QED) is 0.924. The number of rotatable bonds is 3. The molecular formula is C12H10BrN3O2. The fraction of sp³-hybridized carbons (Fsp3) is 0.0833. The molecule has 1 heterocycles. The molecule has 0 saturated carbocycles. The van der Waals surface area contributed by atoms with Gasteiger partial charge in [0.2, 0.25) is 5.91 Å². The highest BCUT2D eigenvalue weighted by molar-refractivity contribution is 9.10. The summed E-state index contributed by atoms with van der Waals surface area (Å²) in [6.45, 7) is -0.222. The predicted molar refractivity (Wildman–Crippen MR) is 70.8 cm³/mol. The van der Waals surface area contributed by atoms with Gasteiger partial charge in [-0.3, -0.25) is 9.59 Å². The number of halogens is 1. The summed E-state index contributed by atoms with van der Waals surface area (Å²) in [5.41, 5.74) is 6.16. The zero-order valence-corrected chi connectivity index (χ0v) is 10.9. The van der Waals surface area contributed by atoms with E-state index in [1.807, 2.05) is 24.3 Å². The lowest BCUT2D eigenvalue weighted by molar-refractivity contribution is -0.118. The van der Waals surface area contributed by atoms with E-state index in [1.165, 1.54) is 6.07 Å². The molecule has 0 unspecified atom stereocenters. The number of amides is 1. The molecule has 2 aromatic rings. The summed E-state index contributed by atoms with van der Waals surface area (Å²) in [5.74, 6) is -0.601. The van der Waals surface area contributed by atoms with Crippen LogP contribution in [0.25, 0.3) is 11.3 Å². The van der Waals surface area contributed by atoms with Gasteiger partial charge in [-0.1, -0.05) is 28.1 Å². The van der Waals surface area contributed by atoms with Gasteiger partial charge in [0.25, 0.3) is 5.56 Å². The number of aromatic nitrogens is 2. The molecule has 1 amide bonds. The highest BCUT2D eigenvalue weighted by atomic mass is 79.9. The second-order valence-corrected chi connectivity index (χ2v) is 4.61. The molecule has 2 rings (SSSR count). The molecule has 0 atom stereocenters. The molecule has 1 aromatic heterocycles. The SMILES string of the molecule is NC(=O)Cn1nc(-c2cccc(Br)c2)ccc1=O. The largest absolute Gasteiger partial charge is 0.368 e. The molecule has 1 aromatic carbocycles. The van der Waals surface area contributed by atoms with Gasteiger partial charge in [-0.05, 0) is 18.2 Å². The van der Waals surface area contributed by atoms with E-state index in [1.54, 1.807) is 6.07 Å². The summed E-state index contributed by atoms with van der Waals surface area (Å²) >= 11 is 3.36. The Balaban J connectivity index is 2.47. The van der Waals surface area contributed by atoms with E-state index in [2.05, 4.69) is 21.0 Å². The molecule has 0 fully saturated rings. The van der Waals surface area contributed by atoms with Crippen LogP contribution in [0.3, 0.4) is 0 Å².